The van der Waals surface area contributed by atoms with Crippen LogP contribution in [0.1, 0.15) is 52.9 Å². The van der Waals surface area contributed by atoms with E-state index in [2.05, 4.69) is 13.8 Å². The van der Waals surface area contributed by atoms with Crippen molar-refractivity contribution < 1.29 is 4.79 Å². The van der Waals surface area contributed by atoms with E-state index in [1.165, 1.54) is 12.8 Å². The van der Waals surface area contributed by atoms with E-state index < -0.39 is 0 Å². The molecule has 0 rings (SSSR count). The Morgan fingerprint density at radius 1 is 1.18 bits per heavy atom. The Labute approximate surface area is 70.2 Å². The lowest BCUT2D eigenvalue weighted by Crippen LogP contribution is -2.02. The molecule has 0 fully saturated rings. The van der Waals surface area contributed by atoms with Crippen molar-refractivity contribution in [3.8, 4) is 0 Å². The van der Waals surface area contributed by atoms with Gasteiger partial charge in [-0.3, -0.25) is 4.79 Å². The van der Waals surface area contributed by atoms with Crippen LogP contribution in [0.15, 0.2) is 0 Å². The molecular formula is C10H20O. The van der Waals surface area contributed by atoms with Gasteiger partial charge in [-0.05, 0) is 12.3 Å². The Hall–Kier alpha value is -0.330. The monoisotopic (exact) mass is 156 g/mol. The standard InChI is InChI=1S/C10H20O/c1-4-9(5-2)7-8-10(11)6-3/h9H,4-8H2,1-3H3. The molecule has 0 radical (unpaired) electrons. The van der Waals surface area contributed by atoms with E-state index in [0.717, 1.165) is 18.8 Å². The fourth-order valence-corrected chi connectivity index (χ4v) is 1.24. The highest BCUT2D eigenvalue weighted by atomic mass is 16.1. The maximum absolute atomic E-state index is 10.9. The fourth-order valence-electron chi connectivity index (χ4n) is 1.24. The number of hydrogen-bond acceptors (Lipinski definition) is 1. The predicted octanol–water partition coefficient (Wildman–Crippen LogP) is 3.18. The third-order valence-electron chi connectivity index (χ3n) is 2.38. The first-order chi connectivity index (χ1) is 5.24. The summed E-state index contributed by atoms with van der Waals surface area (Å²) in [6.45, 7) is 6.34. The summed E-state index contributed by atoms with van der Waals surface area (Å²) in [5.74, 6) is 1.18. The summed E-state index contributed by atoms with van der Waals surface area (Å²) in [4.78, 5) is 10.9. The normalized spacial score (nSPS) is 10.5. The Kier molecular flexibility index (Phi) is 6.19. The minimum Gasteiger partial charge on any atom is -0.300 e. The van der Waals surface area contributed by atoms with Crippen molar-refractivity contribution in [1.29, 1.82) is 0 Å². The molecule has 0 aromatic heterocycles. The van der Waals surface area contributed by atoms with Crippen LogP contribution in [0.2, 0.25) is 0 Å². The zero-order valence-electron chi connectivity index (χ0n) is 8.02. The second kappa shape index (κ2) is 6.38. The smallest absolute Gasteiger partial charge is 0.132 e. The maximum atomic E-state index is 10.9. The van der Waals surface area contributed by atoms with Gasteiger partial charge in [0.2, 0.25) is 0 Å². The summed E-state index contributed by atoms with van der Waals surface area (Å²) in [7, 11) is 0. The van der Waals surface area contributed by atoms with Gasteiger partial charge in [0.15, 0.2) is 0 Å². The van der Waals surface area contributed by atoms with Gasteiger partial charge in [-0.15, -0.1) is 0 Å². The van der Waals surface area contributed by atoms with E-state index in [4.69, 9.17) is 0 Å². The zero-order valence-corrected chi connectivity index (χ0v) is 8.02. The van der Waals surface area contributed by atoms with Crippen LogP contribution in [0, 0.1) is 5.92 Å². The topological polar surface area (TPSA) is 17.1 Å². The van der Waals surface area contributed by atoms with Crippen molar-refractivity contribution in [2.75, 3.05) is 0 Å². The molecule has 0 spiro atoms. The molecule has 0 saturated carbocycles. The quantitative estimate of drug-likeness (QED) is 0.577. The van der Waals surface area contributed by atoms with Crippen molar-refractivity contribution in [3.63, 3.8) is 0 Å². The molecule has 66 valence electrons. The second-order valence-corrected chi connectivity index (χ2v) is 3.11. The van der Waals surface area contributed by atoms with Crippen LogP contribution in [0.25, 0.3) is 0 Å². The van der Waals surface area contributed by atoms with Gasteiger partial charge in [-0.1, -0.05) is 33.6 Å². The number of Topliss-reactive ketones (excluding diaryl/α,β-unsaturated/α-hetero) is 1. The van der Waals surface area contributed by atoms with Gasteiger partial charge in [0.1, 0.15) is 5.78 Å². The predicted molar refractivity (Wildman–Crippen MR) is 48.6 cm³/mol. The van der Waals surface area contributed by atoms with Crippen molar-refractivity contribution in [2.45, 2.75) is 52.9 Å². The van der Waals surface area contributed by atoms with E-state index in [1.807, 2.05) is 6.92 Å². The highest BCUT2D eigenvalue weighted by Crippen LogP contribution is 2.14. The van der Waals surface area contributed by atoms with E-state index in [1.54, 1.807) is 0 Å². The van der Waals surface area contributed by atoms with Crippen molar-refractivity contribution in [2.24, 2.45) is 5.92 Å². The van der Waals surface area contributed by atoms with Crippen LogP contribution in [0.3, 0.4) is 0 Å². The van der Waals surface area contributed by atoms with Crippen LogP contribution in [-0.4, -0.2) is 5.78 Å². The molecular weight excluding hydrogens is 136 g/mol. The van der Waals surface area contributed by atoms with Crippen LogP contribution in [-0.2, 0) is 4.79 Å². The van der Waals surface area contributed by atoms with Crippen LogP contribution in [0.5, 0.6) is 0 Å². The van der Waals surface area contributed by atoms with Gasteiger partial charge in [-0.2, -0.15) is 0 Å². The second-order valence-electron chi connectivity index (χ2n) is 3.11. The van der Waals surface area contributed by atoms with Gasteiger partial charge >= 0.3 is 0 Å². The highest BCUT2D eigenvalue weighted by molar-refractivity contribution is 5.77. The largest absolute Gasteiger partial charge is 0.300 e. The van der Waals surface area contributed by atoms with Gasteiger partial charge in [0.05, 0.1) is 0 Å². The van der Waals surface area contributed by atoms with Crippen LogP contribution in [0.4, 0.5) is 0 Å². The lowest BCUT2D eigenvalue weighted by Gasteiger charge is -2.09. The SMILES string of the molecule is CCC(=O)CCC(CC)CC. The molecule has 0 amide bonds. The van der Waals surface area contributed by atoms with Crippen LogP contribution < -0.4 is 0 Å². The summed E-state index contributed by atoms with van der Waals surface area (Å²) in [6, 6.07) is 0. The van der Waals surface area contributed by atoms with E-state index in [-0.39, 0.29) is 0 Å². The van der Waals surface area contributed by atoms with Gasteiger partial charge in [0, 0.05) is 12.8 Å². The minimum atomic E-state index is 0.414. The molecule has 0 heterocycles. The molecule has 1 nitrogen and oxygen atoms in total. The van der Waals surface area contributed by atoms with Gasteiger partial charge < -0.3 is 0 Å². The summed E-state index contributed by atoms with van der Waals surface area (Å²) >= 11 is 0. The lowest BCUT2D eigenvalue weighted by atomic mass is 9.96. The molecule has 0 aliphatic rings. The van der Waals surface area contributed by atoms with Gasteiger partial charge in [0.25, 0.3) is 0 Å². The first kappa shape index (κ1) is 10.7. The Morgan fingerprint density at radius 2 is 1.73 bits per heavy atom. The van der Waals surface area contributed by atoms with E-state index >= 15 is 0 Å². The Balaban J connectivity index is 3.42. The number of carbonyl (C=O) groups excluding carboxylic acids is 1. The Bertz CT molecular complexity index is 103. The molecule has 0 saturated heterocycles. The third-order valence-corrected chi connectivity index (χ3v) is 2.38. The Morgan fingerprint density at radius 3 is 2.09 bits per heavy atom. The maximum Gasteiger partial charge on any atom is 0.132 e. The average Bonchev–Trinajstić information content (AvgIpc) is 2.06. The molecule has 0 aliphatic carbocycles. The van der Waals surface area contributed by atoms with E-state index in [0.29, 0.717) is 12.2 Å². The summed E-state index contributed by atoms with van der Waals surface area (Å²) < 4.78 is 0. The van der Waals surface area contributed by atoms with Gasteiger partial charge in [-0.25, -0.2) is 0 Å². The molecule has 11 heavy (non-hydrogen) atoms. The average molecular weight is 156 g/mol. The molecule has 1 heteroatoms. The van der Waals surface area contributed by atoms with Crippen molar-refractivity contribution in [3.05, 3.63) is 0 Å². The number of hydrogen-bond donors (Lipinski definition) is 0. The van der Waals surface area contributed by atoms with E-state index in [9.17, 15) is 4.79 Å². The van der Waals surface area contributed by atoms with Crippen molar-refractivity contribution in [1.82, 2.24) is 0 Å². The first-order valence-electron chi connectivity index (χ1n) is 4.76. The molecule has 0 atom stereocenters. The zero-order chi connectivity index (χ0) is 8.69. The fraction of sp³-hybridized carbons (Fsp3) is 0.900. The summed E-state index contributed by atoms with van der Waals surface area (Å²) in [5.41, 5.74) is 0. The molecule has 0 aromatic carbocycles. The molecule has 0 aromatic rings. The lowest BCUT2D eigenvalue weighted by molar-refractivity contribution is -0.119. The summed E-state index contributed by atoms with van der Waals surface area (Å²) in [6.07, 6.45) is 5.03. The third kappa shape index (κ3) is 5.00. The molecule has 0 aliphatic heterocycles. The first-order valence-corrected chi connectivity index (χ1v) is 4.76. The molecule has 0 N–H and O–H groups in total. The number of ketones is 1. The highest BCUT2D eigenvalue weighted by Gasteiger charge is 2.05. The molecule has 0 bridgehead atoms. The van der Waals surface area contributed by atoms with Crippen LogP contribution >= 0.6 is 0 Å². The van der Waals surface area contributed by atoms with Crippen molar-refractivity contribution >= 4 is 5.78 Å². The number of rotatable bonds is 6. The molecule has 0 unspecified atom stereocenters. The number of carbonyl (C=O) groups is 1. The summed E-state index contributed by atoms with van der Waals surface area (Å²) in [5, 5.41) is 0. The minimum absolute atomic E-state index is 0.414.